The molecule has 0 amide bonds. The van der Waals surface area contributed by atoms with Crippen LogP contribution in [0.4, 0.5) is 17.5 Å². The zero-order valence-electron chi connectivity index (χ0n) is 15.5. The monoisotopic (exact) mass is 412 g/mol. The van der Waals surface area contributed by atoms with Crippen molar-refractivity contribution in [2.75, 3.05) is 10.6 Å². The summed E-state index contributed by atoms with van der Waals surface area (Å²) in [5.74, 6) is 1.31. The molecule has 0 saturated heterocycles. The number of hydrogen-bond acceptors (Lipinski definition) is 4. The quantitative estimate of drug-likeness (QED) is 0.476. The average Bonchev–Trinajstić information content (AvgIpc) is 2.72. The van der Waals surface area contributed by atoms with E-state index in [1.807, 2.05) is 36.4 Å². The Labute approximate surface area is 175 Å². The van der Waals surface area contributed by atoms with Gasteiger partial charge in [0.15, 0.2) is 0 Å². The minimum atomic E-state index is 0.419. The Bertz CT molecular complexity index is 941. The van der Waals surface area contributed by atoms with Crippen molar-refractivity contribution >= 4 is 40.7 Å². The summed E-state index contributed by atoms with van der Waals surface area (Å²) in [5, 5.41) is 8.02. The molecule has 0 aliphatic heterocycles. The molecule has 1 fully saturated rings. The second kappa shape index (κ2) is 8.80. The summed E-state index contributed by atoms with van der Waals surface area (Å²) in [6.45, 7) is 0. The lowest BCUT2D eigenvalue weighted by Gasteiger charge is -2.23. The van der Waals surface area contributed by atoms with E-state index in [2.05, 4.69) is 15.6 Å². The molecule has 4 rings (SSSR count). The van der Waals surface area contributed by atoms with Gasteiger partial charge < -0.3 is 10.6 Å². The Hall–Kier alpha value is -2.30. The van der Waals surface area contributed by atoms with Gasteiger partial charge in [0.05, 0.1) is 16.4 Å². The normalized spacial score (nSPS) is 14.6. The Kier molecular flexibility index (Phi) is 5.98. The van der Waals surface area contributed by atoms with Crippen molar-refractivity contribution in [3.63, 3.8) is 0 Å². The van der Waals surface area contributed by atoms with Crippen LogP contribution in [0, 0.1) is 0 Å². The average molecular weight is 413 g/mol. The number of halogens is 2. The maximum atomic E-state index is 6.32. The first kappa shape index (κ1) is 19.0. The van der Waals surface area contributed by atoms with Gasteiger partial charge in [-0.3, -0.25) is 0 Å². The first-order valence-corrected chi connectivity index (χ1v) is 10.4. The number of anilines is 3. The van der Waals surface area contributed by atoms with Crippen LogP contribution >= 0.6 is 23.2 Å². The van der Waals surface area contributed by atoms with E-state index in [1.54, 1.807) is 18.2 Å². The van der Waals surface area contributed by atoms with Gasteiger partial charge in [0, 0.05) is 22.7 Å². The zero-order valence-corrected chi connectivity index (χ0v) is 17.0. The van der Waals surface area contributed by atoms with Crippen LogP contribution in [-0.4, -0.2) is 16.0 Å². The molecule has 6 heteroatoms. The van der Waals surface area contributed by atoms with E-state index in [4.69, 9.17) is 28.2 Å². The van der Waals surface area contributed by atoms with Gasteiger partial charge in [0.2, 0.25) is 5.95 Å². The van der Waals surface area contributed by atoms with Crippen LogP contribution in [0.1, 0.15) is 32.1 Å². The molecule has 1 saturated carbocycles. The predicted octanol–water partition coefficient (Wildman–Crippen LogP) is 6.94. The molecule has 1 aliphatic carbocycles. The minimum Gasteiger partial charge on any atom is -0.351 e. The fraction of sp³-hybridized carbons (Fsp3) is 0.273. The Morgan fingerprint density at radius 1 is 0.857 bits per heavy atom. The van der Waals surface area contributed by atoms with E-state index in [-0.39, 0.29) is 0 Å². The predicted molar refractivity (Wildman–Crippen MR) is 118 cm³/mol. The van der Waals surface area contributed by atoms with E-state index in [0.29, 0.717) is 27.9 Å². The standard InChI is InChI=1S/C22H22Cl2N4/c23-16-11-12-18(24)20(13-16)26-21-14-19(15-7-3-1-4-8-15)27-22(28-21)25-17-9-5-2-6-10-17/h1,3-4,7-8,11-14,17H,2,5-6,9-10H2,(H2,25,26,27,28). The summed E-state index contributed by atoms with van der Waals surface area (Å²) in [4.78, 5) is 9.44. The Morgan fingerprint density at radius 2 is 1.64 bits per heavy atom. The highest BCUT2D eigenvalue weighted by Crippen LogP contribution is 2.30. The molecule has 2 aromatic carbocycles. The lowest BCUT2D eigenvalue weighted by molar-refractivity contribution is 0.461. The first-order valence-electron chi connectivity index (χ1n) is 9.60. The summed E-state index contributed by atoms with van der Waals surface area (Å²) in [5.41, 5.74) is 2.61. The highest BCUT2D eigenvalue weighted by atomic mass is 35.5. The smallest absolute Gasteiger partial charge is 0.225 e. The van der Waals surface area contributed by atoms with Crippen LogP contribution in [0.3, 0.4) is 0 Å². The number of hydrogen-bond donors (Lipinski definition) is 2. The summed E-state index contributed by atoms with van der Waals surface area (Å²) in [6, 6.07) is 17.8. The van der Waals surface area contributed by atoms with E-state index < -0.39 is 0 Å². The number of nitrogens with zero attached hydrogens (tertiary/aromatic N) is 2. The van der Waals surface area contributed by atoms with E-state index in [1.165, 1.54) is 19.3 Å². The second-order valence-electron chi connectivity index (χ2n) is 7.06. The molecule has 3 aromatic rings. The largest absolute Gasteiger partial charge is 0.351 e. The molecule has 0 unspecified atom stereocenters. The lowest BCUT2D eigenvalue weighted by atomic mass is 9.96. The van der Waals surface area contributed by atoms with Crippen molar-refractivity contribution in [3.05, 3.63) is 64.6 Å². The van der Waals surface area contributed by atoms with Crippen molar-refractivity contribution in [1.82, 2.24) is 9.97 Å². The van der Waals surface area contributed by atoms with Crippen LogP contribution in [-0.2, 0) is 0 Å². The molecule has 1 heterocycles. The number of aromatic nitrogens is 2. The van der Waals surface area contributed by atoms with Crippen LogP contribution in [0.2, 0.25) is 10.0 Å². The minimum absolute atomic E-state index is 0.419. The van der Waals surface area contributed by atoms with Gasteiger partial charge in [-0.1, -0.05) is 72.8 Å². The molecule has 0 radical (unpaired) electrons. The number of benzene rings is 2. The Balaban J connectivity index is 1.67. The van der Waals surface area contributed by atoms with Crippen molar-refractivity contribution in [2.45, 2.75) is 38.1 Å². The van der Waals surface area contributed by atoms with Gasteiger partial charge >= 0.3 is 0 Å². The molecular formula is C22H22Cl2N4. The van der Waals surface area contributed by atoms with E-state index >= 15 is 0 Å². The van der Waals surface area contributed by atoms with Crippen LogP contribution < -0.4 is 10.6 Å². The van der Waals surface area contributed by atoms with E-state index in [0.717, 1.165) is 29.8 Å². The Morgan fingerprint density at radius 3 is 2.43 bits per heavy atom. The van der Waals surface area contributed by atoms with Crippen LogP contribution in [0.15, 0.2) is 54.6 Å². The van der Waals surface area contributed by atoms with Crippen molar-refractivity contribution < 1.29 is 0 Å². The molecule has 1 aromatic heterocycles. The topological polar surface area (TPSA) is 49.8 Å². The van der Waals surface area contributed by atoms with Gasteiger partial charge in [-0.25, -0.2) is 4.98 Å². The third-order valence-electron chi connectivity index (χ3n) is 4.93. The SMILES string of the molecule is Clc1ccc(Cl)c(Nc2cc(-c3ccccc3)nc(NC3CCCCC3)n2)c1. The highest BCUT2D eigenvalue weighted by molar-refractivity contribution is 6.35. The van der Waals surface area contributed by atoms with Gasteiger partial charge in [-0.15, -0.1) is 0 Å². The van der Waals surface area contributed by atoms with Crippen LogP contribution in [0.5, 0.6) is 0 Å². The number of rotatable bonds is 5. The second-order valence-corrected chi connectivity index (χ2v) is 7.90. The maximum Gasteiger partial charge on any atom is 0.225 e. The molecule has 28 heavy (non-hydrogen) atoms. The van der Waals surface area contributed by atoms with E-state index in [9.17, 15) is 0 Å². The molecule has 144 valence electrons. The van der Waals surface area contributed by atoms with Gasteiger partial charge in [-0.05, 0) is 31.0 Å². The van der Waals surface area contributed by atoms with Crippen molar-refractivity contribution in [1.29, 1.82) is 0 Å². The molecular weight excluding hydrogens is 391 g/mol. The van der Waals surface area contributed by atoms with Crippen LogP contribution in [0.25, 0.3) is 11.3 Å². The molecule has 0 spiro atoms. The molecule has 4 nitrogen and oxygen atoms in total. The summed E-state index contributed by atoms with van der Waals surface area (Å²) in [6.07, 6.45) is 6.12. The molecule has 1 aliphatic rings. The maximum absolute atomic E-state index is 6.32. The van der Waals surface area contributed by atoms with Gasteiger partial charge in [0.25, 0.3) is 0 Å². The highest BCUT2D eigenvalue weighted by Gasteiger charge is 2.16. The third kappa shape index (κ3) is 4.75. The van der Waals surface area contributed by atoms with Crippen molar-refractivity contribution in [2.24, 2.45) is 0 Å². The molecule has 0 bridgehead atoms. The molecule has 0 atom stereocenters. The first-order chi connectivity index (χ1) is 13.7. The third-order valence-corrected chi connectivity index (χ3v) is 5.49. The zero-order chi connectivity index (χ0) is 19.3. The van der Waals surface area contributed by atoms with Gasteiger partial charge in [-0.2, -0.15) is 4.98 Å². The summed E-state index contributed by atoms with van der Waals surface area (Å²) in [7, 11) is 0. The van der Waals surface area contributed by atoms with Crippen molar-refractivity contribution in [3.8, 4) is 11.3 Å². The molecule has 2 N–H and O–H groups in total. The fourth-order valence-electron chi connectivity index (χ4n) is 3.49. The lowest BCUT2D eigenvalue weighted by Crippen LogP contribution is -2.23. The number of nitrogens with one attached hydrogen (secondary N) is 2. The summed E-state index contributed by atoms with van der Waals surface area (Å²) >= 11 is 12.4. The summed E-state index contributed by atoms with van der Waals surface area (Å²) < 4.78 is 0. The fourth-order valence-corrected chi connectivity index (χ4v) is 3.83. The van der Waals surface area contributed by atoms with Gasteiger partial charge in [0.1, 0.15) is 5.82 Å².